The summed E-state index contributed by atoms with van der Waals surface area (Å²) in [7, 11) is 0. The fourth-order valence-corrected chi connectivity index (χ4v) is 2.83. The number of aromatic nitrogens is 1. The third-order valence-corrected chi connectivity index (χ3v) is 4.37. The first-order valence-electron chi connectivity index (χ1n) is 6.65. The average Bonchev–Trinajstić information content (AvgIpc) is 2.83. The molecule has 4 heteroatoms. The second-order valence-electron chi connectivity index (χ2n) is 5.19. The summed E-state index contributed by atoms with van der Waals surface area (Å²) in [6.45, 7) is 6.61. The normalized spacial score (nSPS) is 18.0. The Balaban J connectivity index is 2.27. The summed E-state index contributed by atoms with van der Waals surface area (Å²) in [5.41, 5.74) is 7.87. The van der Waals surface area contributed by atoms with Crippen molar-refractivity contribution in [3.63, 3.8) is 0 Å². The zero-order valence-electron chi connectivity index (χ0n) is 11.2. The minimum absolute atomic E-state index is 0.123. The fourth-order valence-electron chi connectivity index (χ4n) is 2.83. The Hall–Kier alpha value is -1.58. The van der Waals surface area contributed by atoms with Crippen LogP contribution in [0.25, 0.3) is 0 Å². The lowest BCUT2D eigenvalue weighted by Crippen LogP contribution is -2.28. The first-order valence-corrected chi connectivity index (χ1v) is 6.65. The van der Waals surface area contributed by atoms with Gasteiger partial charge in [-0.2, -0.15) is 0 Å². The second kappa shape index (κ2) is 4.96. The van der Waals surface area contributed by atoms with E-state index in [0.29, 0.717) is 5.41 Å². The summed E-state index contributed by atoms with van der Waals surface area (Å²) < 4.78 is 0. The summed E-state index contributed by atoms with van der Waals surface area (Å²) >= 11 is 0. The van der Waals surface area contributed by atoms with Crippen molar-refractivity contribution < 1.29 is 0 Å². The lowest BCUT2D eigenvalue weighted by molar-refractivity contribution is 0.301. The molecule has 2 heterocycles. The predicted octanol–water partition coefficient (Wildman–Crippen LogP) is 2.38. The zero-order chi connectivity index (χ0) is 13.2. The van der Waals surface area contributed by atoms with E-state index in [-0.39, 0.29) is 5.84 Å². The van der Waals surface area contributed by atoms with E-state index in [1.54, 1.807) is 6.20 Å². The molecule has 0 bridgehead atoms. The number of rotatable bonds is 4. The van der Waals surface area contributed by atoms with Crippen molar-refractivity contribution in [2.45, 2.75) is 33.1 Å². The number of anilines is 1. The zero-order valence-corrected chi connectivity index (χ0v) is 11.2. The summed E-state index contributed by atoms with van der Waals surface area (Å²) in [4.78, 5) is 6.51. The van der Waals surface area contributed by atoms with Gasteiger partial charge in [-0.25, -0.2) is 0 Å². The van der Waals surface area contributed by atoms with Gasteiger partial charge in [-0.15, -0.1) is 0 Å². The van der Waals surface area contributed by atoms with Crippen LogP contribution in [-0.4, -0.2) is 23.9 Å². The molecular formula is C14H22N4. The van der Waals surface area contributed by atoms with Crippen LogP contribution in [0.15, 0.2) is 18.5 Å². The number of amidine groups is 1. The molecule has 0 amide bonds. The third kappa shape index (κ3) is 2.19. The van der Waals surface area contributed by atoms with Gasteiger partial charge in [0.05, 0.1) is 11.9 Å². The van der Waals surface area contributed by atoms with Gasteiger partial charge in [0, 0.05) is 24.8 Å². The van der Waals surface area contributed by atoms with Crippen LogP contribution in [0.1, 0.15) is 38.7 Å². The quantitative estimate of drug-likeness (QED) is 0.633. The summed E-state index contributed by atoms with van der Waals surface area (Å²) in [6.07, 6.45) is 7.15. The molecule has 0 aromatic carbocycles. The van der Waals surface area contributed by atoms with Crippen LogP contribution >= 0.6 is 0 Å². The summed E-state index contributed by atoms with van der Waals surface area (Å²) in [6, 6.07) is 1.83. The lowest BCUT2D eigenvalue weighted by atomic mass is 9.82. The number of nitrogens with two attached hydrogens (primary N) is 1. The number of nitrogen functional groups attached to an aromatic ring is 1. The molecule has 1 aromatic rings. The molecule has 98 valence electrons. The molecule has 1 aromatic heterocycles. The van der Waals surface area contributed by atoms with Crippen molar-refractivity contribution >= 4 is 11.5 Å². The van der Waals surface area contributed by atoms with E-state index in [2.05, 4.69) is 23.7 Å². The SMILES string of the molecule is CCC1(CC)CCN(c2cnccc2C(=N)N)C1. The van der Waals surface area contributed by atoms with Gasteiger partial charge in [0.15, 0.2) is 0 Å². The predicted molar refractivity (Wildman–Crippen MR) is 75.1 cm³/mol. The van der Waals surface area contributed by atoms with Gasteiger partial charge in [-0.1, -0.05) is 13.8 Å². The van der Waals surface area contributed by atoms with Crippen LogP contribution < -0.4 is 10.6 Å². The van der Waals surface area contributed by atoms with Crippen LogP contribution in [-0.2, 0) is 0 Å². The Morgan fingerprint density at radius 3 is 2.78 bits per heavy atom. The van der Waals surface area contributed by atoms with E-state index in [4.69, 9.17) is 11.1 Å². The van der Waals surface area contributed by atoms with Gasteiger partial charge in [0.25, 0.3) is 0 Å². The average molecular weight is 246 g/mol. The van der Waals surface area contributed by atoms with Crippen molar-refractivity contribution in [1.29, 1.82) is 5.41 Å². The van der Waals surface area contributed by atoms with E-state index in [0.717, 1.165) is 24.3 Å². The van der Waals surface area contributed by atoms with Crippen LogP contribution in [0.5, 0.6) is 0 Å². The van der Waals surface area contributed by atoms with E-state index in [1.807, 2.05) is 12.3 Å². The molecule has 0 spiro atoms. The monoisotopic (exact) mass is 246 g/mol. The number of hydrogen-bond acceptors (Lipinski definition) is 3. The first kappa shape index (κ1) is 12.9. The Kier molecular flexibility index (Phi) is 3.55. The Morgan fingerprint density at radius 2 is 2.22 bits per heavy atom. The molecule has 0 radical (unpaired) electrons. The molecule has 0 atom stereocenters. The molecule has 1 fully saturated rings. The van der Waals surface area contributed by atoms with Crippen molar-refractivity contribution in [3.8, 4) is 0 Å². The smallest absolute Gasteiger partial charge is 0.125 e. The van der Waals surface area contributed by atoms with Crippen LogP contribution in [0.4, 0.5) is 5.69 Å². The highest BCUT2D eigenvalue weighted by atomic mass is 15.2. The molecule has 1 aliphatic heterocycles. The van der Waals surface area contributed by atoms with Gasteiger partial charge < -0.3 is 10.6 Å². The van der Waals surface area contributed by atoms with E-state index >= 15 is 0 Å². The van der Waals surface area contributed by atoms with Crippen molar-refractivity contribution in [2.24, 2.45) is 11.1 Å². The highest BCUT2D eigenvalue weighted by Gasteiger charge is 2.35. The summed E-state index contributed by atoms with van der Waals surface area (Å²) in [5.74, 6) is 0.123. The highest BCUT2D eigenvalue weighted by molar-refractivity contribution is 6.00. The standard InChI is InChI=1S/C14H22N4/c1-3-14(4-2)6-8-18(10-14)12-9-17-7-5-11(12)13(15)16/h5,7,9H,3-4,6,8,10H2,1-2H3,(H3,15,16). The maximum Gasteiger partial charge on any atom is 0.125 e. The van der Waals surface area contributed by atoms with E-state index in [9.17, 15) is 0 Å². The van der Waals surface area contributed by atoms with Gasteiger partial charge in [-0.3, -0.25) is 10.4 Å². The van der Waals surface area contributed by atoms with Crippen LogP contribution in [0.2, 0.25) is 0 Å². The number of nitrogens with zero attached hydrogens (tertiary/aromatic N) is 2. The maximum atomic E-state index is 7.65. The Labute approximate surface area is 109 Å². The largest absolute Gasteiger partial charge is 0.384 e. The Bertz CT molecular complexity index is 437. The number of nitrogens with one attached hydrogen (secondary N) is 1. The van der Waals surface area contributed by atoms with E-state index < -0.39 is 0 Å². The molecule has 3 N–H and O–H groups in total. The molecule has 0 saturated carbocycles. The molecular weight excluding hydrogens is 224 g/mol. The van der Waals surface area contributed by atoms with Crippen LogP contribution in [0, 0.1) is 10.8 Å². The topological polar surface area (TPSA) is 66.0 Å². The minimum Gasteiger partial charge on any atom is -0.384 e. The molecule has 1 aliphatic rings. The van der Waals surface area contributed by atoms with Gasteiger partial charge >= 0.3 is 0 Å². The molecule has 2 rings (SSSR count). The van der Waals surface area contributed by atoms with Gasteiger partial charge in [0.2, 0.25) is 0 Å². The molecule has 4 nitrogen and oxygen atoms in total. The van der Waals surface area contributed by atoms with Crippen LogP contribution in [0.3, 0.4) is 0 Å². The van der Waals surface area contributed by atoms with Crippen molar-refractivity contribution in [3.05, 3.63) is 24.0 Å². The molecule has 0 aliphatic carbocycles. The molecule has 18 heavy (non-hydrogen) atoms. The Morgan fingerprint density at radius 1 is 1.50 bits per heavy atom. The van der Waals surface area contributed by atoms with Gasteiger partial charge in [0.1, 0.15) is 5.84 Å². The highest BCUT2D eigenvalue weighted by Crippen LogP contribution is 2.39. The van der Waals surface area contributed by atoms with Crippen molar-refractivity contribution in [1.82, 2.24) is 4.98 Å². The molecule has 1 saturated heterocycles. The second-order valence-corrected chi connectivity index (χ2v) is 5.19. The lowest BCUT2D eigenvalue weighted by Gasteiger charge is -2.27. The van der Waals surface area contributed by atoms with Crippen molar-refractivity contribution in [2.75, 3.05) is 18.0 Å². The maximum absolute atomic E-state index is 7.65. The number of hydrogen-bond donors (Lipinski definition) is 2. The fraction of sp³-hybridized carbons (Fsp3) is 0.571. The third-order valence-electron chi connectivity index (χ3n) is 4.37. The molecule has 0 unspecified atom stereocenters. The minimum atomic E-state index is 0.123. The number of pyridine rings is 1. The summed E-state index contributed by atoms with van der Waals surface area (Å²) in [5, 5.41) is 7.65. The first-order chi connectivity index (χ1) is 8.62. The van der Waals surface area contributed by atoms with Gasteiger partial charge in [-0.05, 0) is 30.7 Å². The van der Waals surface area contributed by atoms with E-state index in [1.165, 1.54) is 19.3 Å².